The van der Waals surface area contributed by atoms with E-state index in [0.29, 0.717) is 10.6 Å². The lowest BCUT2D eigenvalue weighted by Gasteiger charge is -2.17. The van der Waals surface area contributed by atoms with Crippen LogP contribution in [0.25, 0.3) is 0 Å². The first-order valence-corrected chi connectivity index (χ1v) is 8.68. The SMILES string of the molecule is CS(=O)(=O)c1ccccc1NC1CCc2cc(F)ccc21. The summed E-state index contributed by atoms with van der Waals surface area (Å²) in [6.07, 6.45) is 2.83. The first-order chi connectivity index (χ1) is 9.95. The van der Waals surface area contributed by atoms with E-state index in [1.807, 2.05) is 0 Å². The Kier molecular flexibility index (Phi) is 3.45. The van der Waals surface area contributed by atoms with Gasteiger partial charge in [-0.2, -0.15) is 0 Å². The first kappa shape index (κ1) is 14.1. The van der Waals surface area contributed by atoms with Crippen molar-refractivity contribution >= 4 is 15.5 Å². The van der Waals surface area contributed by atoms with Crippen molar-refractivity contribution in [2.75, 3.05) is 11.6 Å². The highest BCUT2D eigenvalue weighted by Gasteiger charge is 2.24. The fourth-order valence-electron chi connectivity index (χ4n) is 2.83. The molecular formula is C16H16FNO2S. The van der Waals surface area contributed by atoms with Gasteiger partial charge in [0.15, 0.2) is 9.84 Å². The number of sulfone groups is 1. The second-order valence-electron chi connectivity index (χ2n) is 5.35. The number of halogens is 1. The smallest absolute Gasteiger partial charge is 0.177 e. The fourth-order valence-corrected chi connectivity index (χ4v) is 3.69. The van der Waals surface area contributed by atoms with Crippen molar-refractivity contribution in [1.82, 2.24) is 0 Å². The molecule has 0 bridgehead atoms. The van der Waals surface area contributed by atoms with Gasteiger partial charge in [-0.1, -0.05) is 18.2 Å². The van der Waals surface area contributed by atoms with Gasteiger partial charge in [-0.25, -0.2) is 12.8 Å². The molecule has 21 heavy (non-hydrogen) atoms. The lowest BCUT2D eigenvalue weighted by Crippen LogP contribution is -2.10. The van der Waals surface area contributed by atoms with Crippen LogP contribution in [0, 0.1) is 5.82 Å². The Morgan fingerprint density at radius 3 is 2.71 bits per heavy atom. The van der Waals surface area contributed by atoms with E-state index in [-0.39, 0.29) is 11.9 Å². The van der Waals surface area contributed by atoms with Gasteiger partial charge in [0, 0.05) is 6.26 Å². The predicted octanol–water partition coefficient (Wildman–Crippen LogP) is 3.33. The van der Waals surface area contributed by atoms with Crippen molar-refractivity contribution in [3.05, 3.63) is 59.4 Å². The maximum absolute atomic E-state index is 13.2. The molecule has 3 rings (SSSR count). The van der Waals surface area contributed by atoms with Crippen molar-refractivity contribution in [3.8, 4) is 0 Å². The molecule has 3 nitrogen and oxygen atoms in total. The summed E-state index contributed by atoms with van der Waals surface area (Å²) in [6, 6.07) is 11.7. The van der Waals surface area contributed by atoms with Gasteiger partial charge in [-0.15, -0.1) is 0 Å². The quantitative estimate of drug-likeness (QED) is 0.946. The Morgan fingerprint density at radius 1 is 1.19 bits per heavy atom. The zero-order chi connectivity index (χ0) is 15.0. The van der Waals surface area contributed by atoms with E-state index in [1.165, 1.54) is 12.3 Å². The van der Waals surface area contributed by atoms with Crippen molar-refractivity contribution in [3.63, 3.8) is 0 Å². The maximum atomic E-state index is 13.2. The van der Waals surface area contributed by atoms with Crippen molar-refractivity contribution < 1.29 is 12.8 Å². The molecule has 0 saturated carbocycles. The summed E-state index contributed by atoms with van der Waals surface area (Å²) in [5.41, 5.74) is 2.63. The summed E-state index contributed by atoms with van der Waals surface area (Å²) in [6.45, 7) is 0. The van der Waals surface area contributed by atoms with Gasteiger partial charge in [0.25, 0.3) is 0 Å². The molecule has 0 aromatic heterocycles. The molecule has 0 spiro atoms. The molecule has 1 aliphatic rings. The van der Waals surface area contributed by atoms with Crippen LogP contribution >= 0.6 is 0 Å². The summed E-state index contributed by atoms with van der Waals surface area (Å²) < 4.78 is 36.9. The number of hydrogen-bond donors (Lipinski definition) is 1. The van der Waals surface area contributed by atoms with Crippen LogP contribution in [0.3, 0.4) is 0 Å². The van der Waals surface area contributed by atoms with Crippen molar-refractivity contribution in [1.29, 1.82) is 0 Å². The van der Waals surface area contributed by atoms with Gasteiger partial charge in [0.05, 0.1) is 16.6 Å². The number of nitrogens with one attached hydrogen (secondary N) is 1. The molecule has 0 aliphatic heterocycles. The third-order valence-electron chi connectivity index (χ3n) is 3.80. The highest BCUT2D eigenvalue weighted by atomic mass is 32.2. The molecule has 5 heteroatoms. The second kappa shape index (κ2) is 5.15. The average molecular weight is 305 g/mol. The highest BCUT2D eigenvalue weighted by Crippen LogP contribution is 2.35. The van der Waals surface area contributed by atoms with Crippen LogP contribution in [-0.4, -0.2) is 14.7 Å². The predicted molar refractivity (Wildman–Crippen MR) is 80.6 cm³/mol. The fraction of sp³-hybridized carbons (Fsp3) is 0.250. The van der Waals surface area contributed by atoms with Crippen LogP contribution in [0.15, 0.2) is 47.4 Å². The van der Waals surface area contributed by atoms with Crippen molar-refractivity contribution in [2.24, 2.45) is 0 Å². The van der Waals surface area contributed by atoms with E-state index < -0.39 is 9.84 Å². The first-order valence-electron chi connectivity index (χ1n) is 6.79. The maximum Gasteiger partial charge on any atom is 0.177 e. The van der Waals surface area contributed by atoms with Gasteiger partial charge >= 0.3 is 0 Å². The Morgan fingerprint density at radius 2 is 1.95 bits per heavy atom. The number of aryl methyl sites for hydroxylation is 1. The zero-order valence-electron chi connectivity index (χ0n) is 11.6. The van der Waals surface area contributed by atoms with Crippen LogP contribution in [0.5, 0.6) is 0 Å². The Bertz CT molecular complexity index is 787. The molecule has 1 N–H and O–H groups in total. The van der Waals surface area contributed by atoms with E-state index in [0.717, 1.165) is 24.0 Å². The van der Waals surface area contributed by atoms with Crippen LogP contribution in [0.1, 0.15) is 23.6 Å². The number of anilines is 1. The molecule has 2 aromatic carbocycles. The standard InChI is InChI=1S/C16H16FNO2S/c1-21(19,20)16-5-3-2-4-15(16)18-14-9-6-11-10-12(17)7-8-13(11)14/h2-5,7-8,10,14,18H,6,9H2,1H3. The van der Waals surface area contributed by atoms with E-state index in [4.69, 9.17) is 0 Å². The summed E-state index contributed by atoms with van der Waals surface area (Å²) in [4.78, 5) is 0.292. The van der Waals surface area contributed by atoms with Gasteiger partial charge in [-0.05, 0) is 48.2 Å². The molecular weight excluding hydrogens is 289 g/mol. The Labute approximate surface area is 123 Å². The molecule has 1 atom stereocenters. The number of hydrogen-bond acceptors (Lipinski definition) is 3. The van der Waals surface area contributed by atoms with Crippen LogP contribution in [-0.2, 0) is 16.3 Å². The minimum Gasteiger partial charge on any atom is -0.377 e. The summed E-state index contributed by atoms with van der Waals surface area (Å²) in [5.74, 6) is -0.231. The second-order valence-corrected chi connectivity index (χ2v) is 7.33. The third kappa shape index (κ3) is 2.78. The number of para-hydroxylation sites is 1. The normalized spacial score (nSPS) is 17.5. The number of benzene rings is 2. The topological polar surface area (TPSA) is 46.2 Å². The molecule has 110 valence electrons. The number of rotatable bonds is 3. The monoisotopic (exact) mass is 305 g/mol. The van der Waals surface area contributed by atoms with Crippen LogP contribution < -0.4 is 5.32 Å². The van der Waals surface area contributed by atoms with E-state index in [2.05, 4.69) is 5.32 Å². The molecule has 0 saturated heterocycles. The zero-order valence-corrected chi connectivity index (χ0v) is 12.5. The van der Waals surface area contributed by atoms with Crippen LogP contribution in [0.2, 0.25) is 0 Å². The average Bonchev–Trinajstić information content (AvgIpc) is 2.80. The third-order valence-corrected chi connectivity index (χ3v) is 4.95. The van der Waals surface area contributed by atoms with E-state index in [1.54, 1.807) is 36.4 Å². The van der Waals surface area contributed by atoms with Gasteiger partial charge in [0.2, 0.25) is 0 Å². The minimum atomic E-state index is -3.28. The van der Waals surface area contributed by atoms with Crippen LogP contribution in [0.4, 0.5) is 10.1 Å². The van der Waals surface area contributed by atoms with Gasteiger partial charge in [0.1, 0.15) is 5.82 Å². The lowest BCUT2D eigenvalue weighted by molar-refractivity contribution is 0.602. The Hall–Kier alpha value is -1.88. The number of fused-ring (bicyclic) bond motifs is 1. The highest BCUT2D eigenvalue weighted by molar-refractivity contribution is 7.90. The molecule has 0 amide bonds. The molecule has 1 unspecified atom stereocenters. The van der Waals surface area contributed by atoms with Gasteiger partial charge < -0.3 is 5.32 Å². The Balaban J connectivity index is 1.94. The van der Waals surface area contributed by atoms with E-state index in [9.17, 15) is 12.8 Å². The lowest BCUT2D eigenvalue weighted by atomic mass is 10.1. The molecule has 2 aromatic rings. The summed E-state index contributed by atoms with van der Waals surface area (Å²) in [7, 11) is -3.28. The molecule has 1 aliphatic carbocycles. The molecule has 0 fully saturated rings. The van der Waals surface area contributed by atoms with E-state index >= 15 is 0 Å². The summed E-state index contributed by atoms with van der Waals surface area (Å²) in [5, 5.41) is 3.29. The summed E-state index contributed by atoms with van der Waals surface area (Å²) >= 11 is 0. The molecule has 0 radical (unpaired) electrons. The minimum absolute atomic E-state index is 0.0171. The molecule has 0 heterocycles. The van der Waals surface area contributed by atoms with Crippen molar-refractivity contribution in [2.45, 2.75) is 23.8 Å². The van der Waals surface area contributed by atoms with Gasteiger partial charge in [-0.3, -0.25) is 0 Å². The largest absolute Gasteiger partial charge is 0.377 e.